The van der Waals surface area contributed by atoms with Crippen LogP contribution in [-0.4, -0.2) is 38.0 Å². The van der Waals surface area contributed by atoms with E-state index in [4.69, 9.17) is 0 Å². The first-order valence-corrected chi connectivity index (χ1v) is 8.98. The van der Waals surface area contributed by atoms with Crippen LogP contribution in [0.15, 0.2) is 5.16 Å². The zero-order valence-electron chi connectivity index (χ0n) is 14.0. The molecule has 1 aromatic rings. The molecule has 1 saturated carbocycles. The number of aryl methyl sites for hydroxylation is 1. The van der Waals surface area contributed by atoms with Gasteiger partial charge in [0.05, 0.1) is 0 Å². The van der Waals surface area contributed by atoms with Gasteiger partial charge in [0.2, 0.25) is 5.16 Å². The third-order valence-corrected chi connectivity index (χ3v) is 6.49. The van der Waals surface area contributed by atoms with Crippen LogP contribution >= 0.6 is 11.8 Å². The molecule has 5 nitrogen and oxygen atoms in total. The van der Waals surface area contributed by atoms with Gasteiger partial charge in [-0.1, -0.05) is 45.9 Å². The molecule has 3 atom stereocenters. The first kappa shape index (κ1) is 16.7. The summed E-state index contributed by atoms with van der Waals surface area (Å²) in [5.41, 5.74) is 0.425. The van der Waals surface area contributed by atoms with Gasteiger partial charge < -0.3 is 5.32 Å². The minimum absolute atomic E-state index is 0.425. The highest BCUT2D eigenvalue weighted by Gasteiger charge is 2.37. The normalized spacial score (nSPS) is 27.0. The van der Waals surface area contributed by atoms with Crippen LogP contribution < -0.4 is 5.32 Å². The lowest BCUT2D eigenvalue weighted by molar-refractivity contribution is 0.141. The van der Waals surface area contributed by atoms with E-state index in [0.29, 0.717) is 16.7 Å². The van der Waals surface area contributed by atoms with Crippen LogP contribution in [0.1, 0.15) is 53.4 Å². The largest absolute Gasteiger partial charge is 0.313 e. The van der Waals surface area contributed by atoms with Gasteiger partial charge in [-0.2, -0.15) is 0 Å². The second-order valence-electron chi connectivity index (χ2n) is 6.76. The van der Waals surface area contributed by atoms with Gasteiger partial charge in [0.25, 0.3) is 0 Å². The van der Waals surface area contributed by atoms with E-state index in [9.17, 15) is 0 Å². The molecule has 2 rings (SSSR count). The van der Waals surface area contributed by atoms with Gasteiger partial charge in [-0.05, 0) is 47.6 Å². The van der Waals surface area contributed by atoms with E-state index in [-0.39, 0.29) is 0 Å². The molecule has 0 radical (unpaired) electrons. The maximum atomic E-state index is 4.15. The molecule has 1 aromatic heterocycles. The Morgan fingerprint density at radius 3 is 2.67 bits per heavy atom. The first-order chi connectivity index (χ1) is 9.97. The van der Waals surface area contributed by atoms with Gasteiger partial charge >= 0.3 is 0 Å². The smallest absolute Gasteiger partial charge is 0.209 e. The minimum Gasteiger partial charge on any atom is -0.313 e. The summed E-state index contributed by atoms with van der Waals surface area (Å²) in [5.74, 6) is 0.788. The Morgan fingerprint density at radius 2 is 2.10 bits per heavy atom. The molecule has 0 aromatic carbocycles. The predicted molar refractivity (Wildman–Crippen MR) is 87.3 cm³/mol. The average molecular weight is 311 g/mol. The molecule has 21 heavy (non-hydrogen) atoms. The number of hydrogen-bond acceptors (Lipinski definition) is 5. The van der Waals surface area contributed by atoms with E-state index in [1.807, 2.05) is 18.8 Å². The van der Waals surface area contributed by atoms with Crippen molar-refractivity contribution in [3.05, 3.63) is 0 Å². The van der Waals surface area contributed by atoms with Gasteiger partial charge in [0.1, 0.15) is 0 Å². The van der Waals surface area contributed by atoms with Crippen molar-refractivity contribution in [2.75, 3.05) is 6.54 Å². The zero-order valence-corrected chi connectivity index (χ0v) is 14.8. The van der Waals surface area contributed by atoms with Gasteiger partial charge in [0, 0.05) is 18.3 Å². The molecule has 3 unspecified atom stereocenters. The van der Waals surface area contributed by atoms with Crippen molar-refractivity contribution in [1.82, 2.24) is 25.5 Å². The highest BCUT2D eigenvalue weighted by atomic mass is 32.2. The molecule has 0 spiro atoms. The lowest BCUT2D eigenvalue weighted by Crippen LogP contribution is -2.45. The molecule has 1 N–H and O–H groups in total. The van der Waals surface area contributed by atoms with Crippen LogP contribution in [-0.2, 0) is 7.05 Å². The van der Waals surface area contributed by atoms with Crippen LogP contribution in [0, 0.1) is 11.3 Å². The molecule has 6 heteroatoms. The lowest BCUT2D eigenvalue weighted by atomic mass is 9.68. The predicted octanol–water partition coefficient (Wildman–Crippen LogP) is 2.89. The van der Waals surface area contributed by atoms with Crippen molar-refractivity contribution in [2.24, 2.45) is 18.4 Å². The Hall–Kier alpha value is -0.620. The fourth-order valence-corrected chi connectivity index (χ4v) is 4.48. The maximum absolute atomic E-state index is 4.15. The second-order valence-corrected chi connectivity index (χ2v) is 7.96. The monoisotopic (exact) mass is 311 g/mol. The third-order valence-electron chi connectivity index (χ3n) is 5.11. The fraction of sp³-hybridized carbons (Fsp3) is 0.933. The fourth-order valence-electron chi connectivity index (χ4n) is 3.21. The number of nitrogens with zero attached hydrogens (tertiary/aromatic N) is 4. The van der Waals surface area contributed by atoms with Crippen LogP contribution in [0.3, 0.4) is 0 Å². The summed E-state index contributed by atoms with van der Waals surface area (Å²) in [6.45, 7) is 10.4. The lowest BCUT2D eigenvalue weighted by Gasteiger charge is -2.42. The summed E-state index contributed by atoms with van der Waals surface area (Å²) >= 11 is 1.84. The number of aromatic nitrogens is 4. The Morgan fingerprint density at radius 1 is 1.33 bits per heavy atom. The quantitative estimate of drug-likeness (QED) is 0.875. The van der Waals surface area contributed by atoms with Crippen molar-refractivity contribution in [1.29, 1.82) is 0 Å². The van der Waals surface area contributed by atoms with E-state index in [1.54, 1.807) is 4.68 Å². The molecular weight excluding hydrogens is 282 g/mol. The minimum atomic E-state index is 0.425. The molecule has 1 aliphatic rings. The standard InChI is InChI=1S/C15H29N5S/c1-6-15(3,4)11-8-9-12(16-7-2)13(10-11)21-14-17-18-19-20(14)5/h11-13,16H,6-10H2,1-5H3. The molecule has 1 fully saturated rings. The highest BCUT2D eigenvalue weighted by Crippen LogP contribution is 2.44. The summed E-state index contributed by atoms with van der Waals surface area (Å²) in [6.07, 6.45) is 5.07. The number of hydrogen-bond donors (Lipinski definition) is 1. The van der Waals surface area contributed by atoms with E-state index < -0.39 is 0 Å². The van der Waals surface area contributed by atoms with Crippen molar-refractivity contribution >= 4 is 11.8 Å². The Labute approximate surface area is 132 Å². The van der Waals surface area contributed by atoms with Gasteiger partial charge in [-0.25, -0.2) is 4.68 Å². The van der Waals surface area contributed by atoms with Crippen LogP contribution in [0.5, 0.6) is 0 Å². The van der Waals surface area contributed by atoms with Crippen LogP contribution in [0.25, 0.3) is 0 Å². The number of tetrazole rings is 1. The number of rotatable bonds is 6. The third kappa shape index (κ3) is 3.97. The summed E-state index contributed by atoms with van der Waals surface area (Å²) in [5, 5.41) is 17.0. The first-order valence-electron chi connectivity index (χ1n) is 8.10. The van der Waals surface area contributed by atoms with Crippen molar-refractivity contribution in [3.63, 3.8) is 0 Å². The van der Waals surface area contributed by atoms with E-state index in [1.165, 1.54) is 25.7 Å². The summed E-state index contributed by atoms with van der Waals surface area (Å²) in [6, 6.07) is 0.570. The van der Waals surface area contributed by atoms with E-state index >= 15 is 0 Å². The molecule has 1 aliphatic carbocycles. The van der Waals surface area contributed by atoms with Gasteiger partial charge in [-0.15, -0.1) is 5.10 Å². The molecule has 0 aliphatic heterocycles. The SMILES string of the molecule is CCNC1CCC(C(C)(C)CC)CC1Sc1nnnn1C. The molecule has 120 valence electrons. The van der Waals surface area contributed by atoms with Crippen molar-refractivity contribution in [3.8, 4) is 0 Å². The summed E-state index contributed by atoms with van der Waals surface area (Å²) < 4.78 is 1.78. The van der Waals surface area contributed by atoms with Gasteiger partial charge in [-0.3, -0.25) is 0 Å². The van der Waals surface area contributed by atoms with Crippen LogP contribution in [0.2, 0.25) is 0 Å². The number of thioether (sulfide) groups is 1. The molecular formula is C15H29N5S. The van der Waals surface area contributed by atoms with Crippen molar-refractivity contribution in [2.45, 2.75) is 69.8 Å². The zero-order chi connectivity index (χ0) is 15.5. The molecule has 0 saturated heterocycles. The second kappa shape index (κ2) is 7.09. The average Bonchev–Trinajstić information content (AvgIpc) is 2.86. The summed E-state index contributed by atoms with van der Waals surface area (Å²) in [7, 11) is 1.92. The molecule has 0 amide bonds. The topological polar surface area (TPSA) is 55.6 Å². The van der Waals surface area contributed by atoms with Crippen LogP contribution in [0.4, 0.5) is 0 Å². The molecule has 0 bridgehead atoms. The Kier molecular flexibility index (Phi) is 5.66. The highest BCUT2D eigenvalue weighted by molar-refractivity contribution is 7.99. The van der Waals surface area contributed by atoms with Crippen molar-refractivity contribution < 1.29 is 0 Å². The molecule has 1 heterocycles. The Bertz CT molecular complexity index is 445. The Balaban J connectivity index is 2.10. The van der Waals surface area contributed by atoms with E-state index in [0.717, 1.165) is 17.6 Å². The van der Waals surface area contributed by atoms with Gasteiger partial charge in [0.15, 0.2) is 0 Å². The van der Waals surface area contributed by atoms with E-state index in [2.05, 4.69) is 48.5 Å². The maximum Gasteiger partial charge on any atom is 0.209 e. The summed E-state index contributed by atoms with van der Waals surface area (Å²) in [4.78, 5) is 0. The number of nitrogens with one attached hydrogen (secondary N) is 1.